The normalized spacial score (nSPS) is 11.4. The number of ether oxygens (including phenoxy) is 1. The lowest BCUT2D eigenvalue weighted by Gasteiger charge is -2.03. The number of methoxy groups -OCH3 is 1. The van der Waals surface area contributed by atoms with E-state index in [0.29, 0.717) is 22.2 Å². The molecule has 2 aromatic carbocycles. The number of benzene rings is 2. The Hall–Kier alpha value is -3.81. The zero-order valence-electron chi connectivity index (χ0n) is 14.5. The third-order valence-electron chi connectivity index (χ3n) is 3.84. The summed E-state index contributed by atoms with van der Waals surface area (Å²) < 4.78 is 10.3. The zero-order chi connectivity index (χ0) is 19.6. The predicted octanol–water partition coefficient (Wildman–Crippen LogP) is 3.56. The molecule has 0 bridgehead atoms. The fourth-order valence-corrected chi connectivity index (χ4v) is 2.47. The summed E-state index contributed by atoms with van der Waals surface area (Å²) in [5.41, 5.74) is 1.36. The lowest BCUT2D eigenvalue weighted by Crippen LogP contribution is -2.13. The van der Waals surface area contributed by atoms with Crippen LogP contribution in [0, 0.1) is 10.1 Å². The molecule has 0 amide bonds. The second kappa shape index (κ2) is 7.20. The molecule has 0 atom stereocenters. The Kier molecular flexibility index (Phi) is 4.80. The third-order valence-corrected chi connectivity index (χ3v) is 3.84. The van der Waals surface area contributed by atoms with Crippen LogP contribution in [0.25, 0.3) is 11.0 Å². The minimum atomic E-state index is -0.520. The second-order valence-electron chi connectivity index (χ2n) is 5.65. The van der Waals surface area contributed by atoms with Crippen LogP contribution in [0.1, 0.15) is 27.6 Å². The zero-order valence-corrected chi connectivity index (χ0v) is 14.5. The first kappa shape index (κ1) is 18.0. The number of nitro benzene ring substituents is 1. The number of nitrogens with zero attached hydrogens (tertiary/aromatic N) is 2. The number of non-ortho nitro benzene ring substituents is 1. The average Bonchev–Trinajstić information content (AvgIpc) is 2.66. The van der Waals surface area contributed by atoms with Crippen molar-refractivity contribution in [2.24, 2.45) is 4.99 Å². The first-order chi connectivity index (χ1) is 12.9. The van der Waals surface area contributed by atoms with Crippen molar-refractivity contribution >= 4 is 34.1 Å². The van der Waals surface area contributed by atoms with Crippen molar-refractivity contribution in [1.82, 2.24) is 0 Å². The molecule has 1 heterocycles. The average molecular weight is 366 g/mol. The maximum atomic E-state index is 12.0. The number of carbonyl (C=O) groups excluding carboxylic acids is 2. The van der Waals surface area contributed by atoms with E-state index in [0.717, 1.165) is 0 Å². The van der Waals surface area contributed by atoms with E-state index in [9.17, 15) is 19.7 Å². The van der Waals surface area contributed by atoms with Crippen LogP contribution in [-0.2, 0) is 4.74 Å². The SMILES string of the molecule is COC(=O)c1ccc(N=c2oc3ccc([N+](=O)[O-])cc3cc2C(C)=O)cc1. The Bertz CT molecular complexity index is 1130. The lowest BCUT2D eigenvalue weighted by atomic mass is 10.1. The molecule has 0 unspecified atom stereocenters. The maximum Gasteiger partial charge on any atom is 0.337 e. The molecule has 0 spiro atoms. The van der Waals surface area contributed by atoms with Gasteiger partial charge in [-0.05, 0) is 43.3 Å². The summed E-state index contributed by atoms with van der Waals surface area (Å²) in [6, 6.07) is 11.9. The van der Waals surface area contributed by atoms with E-state index in [2.05, 4.69) is 9.73 Å². The molecule has 0 aliphatic rings. The fourth-order valence-electron chi connectivity index (χ4n) is 2.47. The second-order valence-corrected chi connectivity index (χ2v) is 5.65. The quantitative estimate of drug-likeness (QED) is 0.302. The summed E-state index contributed by atoms with van der Waals surface area (Å²) in [6.45, 7) is 1.35. The molecule has 3 aromatic rings. The van der Waals surface area contributed by atoms with Crippen LogP contribution >= 0.6 is 0 Å². The van der Waals surface area contributed by atoms with Crippen molar-refractivity contribution in [3.63, 3.8) is 0 Å². The molecular weight excluding hydrogens is 352 g/mol. The molecule has 0 aliphatic heterocycles. The Balaban J connectivity index is 2.14. The number of hydrogen-bond donors (Lipinski definition) is 0. The summed E-state index contributed by atoms with van der Waals surface area (Å²) in [5, 5.41) is 11.4. The van der Waals surface area contributed by atoms with Gasteiger partial charge in [0, 0.05) is 17.5 Å². The number of hydrogen-bond acceptors (Lipinski definition) is 7. The van der Waals surface area contributed by atoms with Gasteiger partial charge in [-0.3, -0.25) is 14.9 Å². The van der Waals surface area contributed by atoms with Gasteiger partial charge in [0.2, 0.25) is 5.55 Å². The third kappa shape index (κ3) is 3.74. The smallest absolute Gasteiger partial charge is 0.337 e. The molecule has 0 saturated carbocycles. The number of ketones is 1. The van der Waals surface area contributed by atoms with E-state index in [1.165, 1.54) is 38.3 Å². The van der Waals surface area contributed by atoms with Gasteiger partial charge in [0.1, 0.15) is 5.58 Å². The monoisotopic (exact) mass is 366 g/mol. The van der Waals surface area contributed by atoms with Crippen molar-refractivity contribution in [1.29, 1.82) is 0 Å². The standard InChI is InChI=1S/C19H14N2O6/c1-11(22)16-10-13-9-15(21(24)25)7-8-17(13)27-18(16)20-14-5-3-12(4-6-14)19(23)26-2/h3-10H,1-2H3. The van der Waals surface area contributed by atoms with Crippen LogP contribution in [-0.4, -0.2) is 23.8 Å². The highest BCUT2D eigenvalue weighted by molar-refractivity contribution is 5.96. The molecule has 8 heteroatoms. The fraction of sp³-hybridized carbons (Fsp3) is 0.105. The summed E-state index contributed by atoms with van der Waals surface area (Å²) in [6.07, 6.45) is 0. The minimum Gasteiger partial charge on any atom is -0.465 e. The van der Waals surface area contributed by atoms with Gasteiger partial charge in [0.05, 0.1) is 28.8 Å². The number of nitro groups is 1. The summed E-state index contributed by atoms with van der Waals surface area (Å²) in [4.78, 5) is 38.2. The molecule has 0 N–H and O–H groups in total. The molecule has 27 heavy (non-hydrogen) atoms. The van der Waals surface area contributed by atoms with E-state index in [1.807, 2.05) is 0 Å². The topological polar surface area (TPSA) is 112 Å². The van der Waals surface area contributed by atoms with E-state index < -0.39 is 10.9 Å². The number of Topliss-reactive ketones (excluding diaryl/α,β-unsaturated/α-hetero) is 1. The first-order valence-electron chi connectivity index (χ1n) is 7.85. The van der Waals surface area contributed by atoms with Gasteiger partial charge in [-0.25, -0.2) is 9.79 Å². The Morgan fingerprint density at radius 2 is 1.81 bits per heavy atom. The molecule has 0 radical (unpaired) electrons. The Morgan fingerprint density at radius 3 is 2.41 bits per heavy atom. The minimum absolute atomic E-state index is 0.0784. The molecule has 0 saturated heterocycles. The summed E-state index contributed by atoms with van der Waals surface area (Å²) in [5.74, 6) is -0.764. The maximum absolute atomic E-state index is 12.0. The van der Waals surface area contributed by atoms with Gasteiger partial charge >= 0.3 is 5.97 Å². The molecule has 136 valence electrons. The molecule has 1 aromatic heterocycles. The van der Waals surface area contributed by atoms with Gasteiger partial charge in [-0.15, -0.1) is 0 Å². The Morgan fingerprint density at radius 1 is 1.11 bits per heavy atom. The first-order valence-corrected chi connectivity index (χ1v) is 7.85. The van der Waals surface area contributed by atoms with Crippen molar-refractivity contribution < 1.29 is 23.7 Å². The highest BCUT2D eigenvalue weighted by atomic mass is 16.6. The lowest BCUT2D eigenvalue weighted by molar-refractivity contribution is -0.384. The molecule has 8 nitrogen and oxygen atoms in total. The van der Waals surface area contributed by atoms with Crippen LogP contribution in [0.4, 0.5) is 11.4 Å². The summed E-state index contributed by atoms with van der Waals surface area (Å²) in [7, 11) is 1.29. The van der Waals surface area contributed by atoms with Gasteiger partial charge in [-0.1, -0.05) is 0 Å². The van der Waals surface area contributed by atoms with E-state index in [-0.39, 0.29) is 22.6 Å². The van der Waals surface area contributed by atoms with Crippen LogP contribution in [0.5, 0.6) is 0 Å². The van der Waals surface area contributed by atoms with Crippen molar-refractivity contribution in [2.45, 2.75) is 6.92 Å². The highest BCUT2D eigenvalue weighted by Gasteiger charge is 2.12. The largest absolute Gasteiger partial charge is 0.465 e. The van der Waals surface area contributed by atoms with Crippen LogP contribution in [0.3, 0.4) is 0 Å². The van der Waals surface area contributed by atoms with E-state index in [1.54, 1.807) is 24.3 Å². The predicted molar refractivity (Wildman–Crippen MR) is 95.9 cm³/mol. The Labute approximate surface area is 152 Å². The van der Waals surface area contributed by atoms with E-state index >= 15 is 0 Å². The van der Waals surface area contributed by atoms with Gasteiger partial charge in [-0.2, -0.15) is 0 Å². The van der Waals surface area contributed by atoms with Crippen LogP contribution in [0.2, 0.25) is 0 Å². The molecule has 0 fully saturated rings. The van der Waals surface area contributed by atoms with Crippen LogP contribution in [0.15, 0.2) is 57.9 Å². The van der Waals surface area contributed by atoms with E-state index in [4.69, 9.17) is 4.42 Å². The van der Waals surface area contributed by atoms with Crippen molar-refractivity contribution in [2.75, 3.05) is 7.11 Å². The van der Waals surface area contributed by atoms with Gasteiger partial charge in [0.15, 0.2) is 5.78 Å². The molecule has 0 aliphatic carbocycles. The summed E-state index contributed by atoms with van der Waals surface area (Å²) >= 11 is 0. The number of carbonyl (C=O) groups is 2. The van der Waals surface area contributed by atoms with Gasteiger partial charge < -0.3 is 9.15 Å². The van der Waals surface area contributed by atoms with Gasteiger partial charge in [0.25, 0.3) is 5.69 Å². The molecular formula is C19H14N2O6. The van der Waals surface area contributed by atoms with Crippen molar-refractivity contribution in [3.05, 3.63) is 75.3 Å². The van der Waals surface area contributed by atoms with Crippen LogP contribution < -0.4 is 5.55 Å². The number of esters is 1. The molecule has 3 rings (SSSR count). The van der Waals surface area contributed by atoms with Crippen molar-refractivity contribution in [3.8, 4) is 0 Å². The number of fused-ring (bicyclic) bond motifs is 1. The highest BCUT2D eigenvalue weighted by Crippen LogP contribution is 2.21. The number of rotatable bonds is 4.